The Kier molecular flexibility index (Phi) is 15.1. The summed E-state index contributed by atoms with van der Waals surface area (Å²) in [5, 5.41) is 0. The average Bonchev–Trinajstić information content (AvgIpc) is 3.28. The summed E-state index contributed by atoms with van der Waals surface area (Å²) in [6.45, 7) is 4.45. The van der Waals surface area contributed by atoms with Crippen LogP contribution in [0.2, 0.25) is 0 Å². The minimum Gasteiger partial charge on any atom is -0.462 e. The van der Waals surface area contributed by atoms with Crippen molar-refractivity contribution in [2.75, 3.05) is 12.3 Å². The Morgan fingerprint density at radius 2 is 1.45 bits per heavy atom. The van der Waals surface area contributed by atoms with Crippen LogP contribution in [0.15, 0.2) is 11.1 Å². The van der Waals surface area contributed by atoms with E-state index in [0.717, 1.165) is 38.5 Å². The summed E-state index contributed by atoms with van der Waals surface area (Å²) in [6, 6.07) is 0. The maximum atomic E-state index is 12.6. The van der Waals surface area contributed by atoms with Gasteiger partial charge in [-0.15, -0.1) is 0 Å². The number of ether oxygens (including phenoxy) is 2. The van der Waals surface area contributed by atoms with Gasteiger partial charge in [0.1, 0.15) is 6.61 Å². The van der Waals surface area contributed by atoms with Crippen molar-refractivity contribution in [1.82, 2.24) is 19.5 Å². The second kappa shape index (κ2) is 18.4. The highest BCUT2D eigenvalue weighted by molar-refractivity contribution is 5.71. The smallest absolute Gasteiger partial charge is 0.306 e. The number of esters is 2. The van der Waals surface area contributed by atoms with Crippen LogP contribution >= 0.6 is 0 Å². The van der Waals surface area contributed by atoms with E-state index in [1.165, 1.54) is 57.7 Å². The van der Waals surface area contributed by atoms with Gasteiger partial charge in [-0.25, -0.2) is 4.98 Å². The lowest BCUT2D eigenvalue weighted by atomic mass is 10.1. The SMILES string of the molecule is CCCCCCCCCC(=O)OCC(Cn1cnc2c(=O)[nH]c(N)nc21)OC(=O)CCCCCCCCC. The van der Waals surface area contributed by atoms with Crippen LogP contribution in [0.25, 0.3) is 11.2 Å². The van der Waals surface area contributed by atoms with Gasteiger partial charge >= 0.3 is 11.9 Å². The molecule has 0 aromatic carbocycles. The molecule has 2 heterocycles. The molecule has 1 unspecified atom stereocenters. The molecule has 0 fully saturated rings. The lowest BCUT2D eigenvalue weighted by Gasteiger charge is -2.19. The summed E-state index contributed by atoms with van der Waals surface area (Å²) in [4.78, 5) is 47.7. The van der Waals surface area contributed by atoms with E-state index >= 15 is 0 Å². The molecule has 0 aliphatic rings. The second-order valence-corrected chi connectivity index (χ2v) is 10.1. The number of nitrogens with one attached hydrogen (secondary N) is 1. The van der Waals surface area contributed by atoms with Crippen LogP contribution in [0.3, 0.4) is 0 Å². The molecule has 0 saturated heterocycles. The van der Waals surface area contributed by atoms with Crippen molar-refractivity contribution in [3.05, 3.63) is 16.7 Å². The number of carbonyl (C=O) groups is 2. The standard InChI is InChI=1S/C28H47N5O5/c1-3-5-7-9-11-13-15-17-23(34)37-20-22(38-24(35)18-16-14-12-10-8-6-4-2)19-33-21-30-25-26(33)31-28(29)32-27(25)36/h21-22H,3-20H2,1-2H3,(H3,29,31,32,36). The summed E-state index contributed by atoms with van der Waals surface area (Å²) >= 11 is 0. The number of rotatable bonds is 21. The van der Waals surface area contributed by atoms with E-state index in [9.17, 15) is 14.4 Å². The molecule has 0 amide bonds. The average molecular weight is 534 g/mol. The highest BCUT2D eigenvalue weighted by Crippen LogP contribution is 2.13. The summed E-state index contributed by atoms with van der Waals surface area (Å²) in [5.41, 5.74) is 5.68. The highest BCUT2D eigenvalue weighted by Gasteiger charge is 2.20. The van der Waals surface area contributed by atoms with Crippen molar-refractivity contribution in [3.8, 4) is 0 Å². The number of aromatic nitrogens is 4. The van der Waals surface area contributed by atoms with Gasteiger partial charge in [-0.05, 0) is 12.8 Å². The molecule has 0 aliphatic carbocycles. The third-order valence-electron chi connectivity index (χ3n) is 6.59. The van der Waals surface area contributed by atoms with Crippen LogP contribution in [-0.4, -0.2) is 44.2 Å². The minimum absolute atomic E-state index is 0.0298. The van der Waals surface area contributed by atoms with Crippen molar-refractivity contribution in [1.29, 1.82) is 0 Å². The molecule has 10 nitrogen and oxygen atoms in total. The number of aromatic amines is 1. The Bertz CT molecular complexity index is 1020. The molecule has 3 N–H and O–H groups in total. The monoisotopic (exact) mass is 533 g/mol. The highest BCUT2D eigenvalue weighted by atomic mass is 16.6. The van der Waals surface area contributed by atoms with Gasteiger partial charge in [0.25, 0.3) is 5.56 Å². The summed E-state index contributed by atoms with van der Waals surface area (Å²) < 4.78 is 12.8. The Labute approximate surface area is 226 Å². The molecule has 0 spiro atoms. The normalized spacial score (nSPS) is 12.1. The molecule has 0 bridgehead atoms. The molecular weight excluding hydrogens is 486 g/mol. The number of unbranched alkanes of at least 4 members (excludes halogenated alkanes) is 12. The van der Waals surface area contributed by atoms with E-state index in [-0.39, 0.29) is 42.2 Å². The number of hydrogen-bond acceptors (Lipinski definition) is 8. The first-order chi connectivity index (χ1) is 18.4. The van der Waals surface area contributed by atoms with E-state index in [1.807, 2.05) is 0 Å². The molecular formula is C28H47N5O5. The zero-order valence-corrected chi connectivity index (χ0v) is 23.3. The Balaban J connectivity index is 1.88. The fourth-order valence-electron chi connectivity index (χ4n) is 4.40. The molecule has 1 atom stereocenters. The summed E-state index contributed by atoms with van der Waals surface area (Å²) in [7, 11) is 0. The Morgan fingerprint density at radius 1 is 0.895 bits per heavy atom. The fourth-order valence-corrected chi connectivity index (χ4v) is 4.40. The zero-order valence-electron chi connectivity index (χ0n) is 23.3. The van der Waals surface area contributed by atoms with E-state index in [2.05, 4.69) is 28.8 Å². The van der Waals surface area contributed by atoms with E-state index < -0.39 is 11.7 Å². The lowest BCUT2D eigenvalue weighted by Crippen LogP contribution is -2.29. The number of hydrogen-bond donors (Lipinski definition) is 2. The minimum atomic E-state index is -0.732. The molecule has 0 aliphatic heterocycles. The number of imidazole rings is 1. The number of nitrogen functional groups attached to an aromatic ring is 1. The van der Waals surface area contributed by atoms with Crippen molar-refractivity contribution in [2.24, 2.45) is 0 Å². The summed E-state index contributed by atoms with van der Waals surface area (Å²) in [5.74, 6) is -0.666. The maximum Gasteiger partial charge on any atom is 0.306 e. The molecule has 0 saturated carbocycles. The quantitative estimate of drug-likeness (QED) is 0.160. The molecule has 0 radical (unpaired) electrons. The Morgan fingerprint density at radius 3 is 2.05 bits per heavy atom. The number of nitrogens with zero attached hydrogens (tertiary/aromatic N) is 3. The number of nitrogens with two attached hydrogens (primary N) is 1. The van der Waals surface area contributed by atoms with Crippen LogP contribution in [0, 0.1) is 0 Å². The fraction of sp³-hybridized carbons (Fsp3) is 0.750. The van der Waals surface area contributed by atoms with Crippen LogP contribution in [0.1, 0.15) is 117 Å². The molecule has 2 rings (SSSR count). The largest absolute Gasteiger partial charge is 0.462 e. The lowest BCUT2D eigenvalue weighted by molar-refractivity contribution is -0.160. The van der Waals surface area contributed by atoms with Crippen molar-refractivity contribution in [3.63, 3.8) is 0 Å². The molecule has 38 heavy (non-hydrogen) atoms. The molecule has 214 valence electrons. The predicted molar refractivity (Wildman–Crippen MR) is 149 cm³/mol. The van der Waals surface area contributed by atoms with Gasteiger partial charge in [0.05, 0.1) is 12.9 Å². The third-order valence-corrected chi connectivity index (χ3v) is 6.59. The van der Waals surface area contributed by atoms with Crippen LogP contribution in [0.4, 0.5) is 5.95 Å². The van der Waals surface area contributed by atoms with Gasteiger partial charge in [0.15, 0.2) is 17.3 Å². The molecule has 2 aromatic heterocycles. The van der Waals surface area contributed by atoms with Crippen LogP contribution < -0.4 is 11.3 Å². The first kappa shape index (κ1) is 31.3. The van der Waals surface area contributed by atoms with Gasteiger partial charge in [-0.1, -0.05) is 90.9 Å². The van der Waals surface area contributed by atoms with Gasteiger partial charge in [0, 0.05) is 12.8 Å². The zero-order chi connectivity index (χ0) is 27.6. The van der Waals surface area contributed by atoms with Crippen molar-refractivity contribution < 1.29 is 19.1 Å². The maximum absolute atomic E-state index is 12.6. The van der Waals surface area contributed by atoms with Crippen LogP contribution in [0.5, 0.6) is 0 Å². The van der Waals surface area contributed by atoms with E-state index in [0.29, 0.717) is 12.8 Å². The van der Waals surface area contributed by atoms with Gasteiger partial charge in [-0.3, -0.25) is 19.4 Å². The first-order valence-electron chi connectivity index (χ1n) is 14.5. The third kappa shape index (κ3) is 12.1. The Hall–Kier alpha value is -2.91. The van der Waals surface area contributed by atoms with Crippen LogP contribution in [-0.2, 0) is 25.6 Å². The second-order valence-electron chi connectivity index (χ2n) is 10.1. The predicted octanol–water partition coefficient (Wildman–Crippen LogP) is 5.44. The van der Waals surface area contributed by atoms with Gasteiger partial charge in [-0.2, -0.15) is 4.98 Å². The number of H-pyrrole nitrogens is 1. The summed E-state index contributed by atoms with van der Waals surface area (Å²) in [6.07, 6.45) is 16.9. The van der Waals surface area contributed by atoms with Crippen molar-refractivity contribution >= 4 is 29.1 Å². The number of carbonyl (C=O) groups excluding carboxylic acids is 2. The molecule has 10 heteroatoms. The van der Waals surface area contributed by atoms with E-state index in [1.54, 1.807) is 4.57 Å². The first-order valence-corrected chi connectivity index (χ1v) is 14.5. The topological polar surface area (TPSA) is 142 Å². The number of anilines is 1. The number of fused-ring (bicyclic) bond motifs is 1. The van der Waals surface area contributed by atoms with Gasteiger partial charge < -0.3 is 19.8 Å². The van der Waals surface area contributed by atoms with Gasteiger partial charge in [0.2, 0.25) is 5.95 Å². The van der Waals surface area contributed by atoms with Crippen molar-refractivity contribution in [2.45, 2.75) is 129 Å². The molecule has 2 aromatic rings. The van der Waals surface area contributed by atoms with E-state index in [4.69, 9.17) is 15.2 Å².